The van der Waals surface area contributed by atoms with Gasteiger partial charge in [0.05, 0.1) is 0 Å². The van der Waals surface area contributed by atoms with Crippen molar-refractivity contribution in [1.82, 2.24) is 10.2 Å². The zero-order valence-electron chi connectivity index (χ0n) is 11.5. The highest BCUT2D eigenvalue weighted by atomic mass is 32.2. The van der Waals surface area contributed by atoms with Gasteiger partial charge in [0.25, 0.3) is 0 Å². The maximum atomic E-state index is 11.9. The summed E-state index contributed by atoms with van der Waals surface area (Å²) in [6.07, 6.45) is 4.11. The largest absolute Gasteiger partial charge is 0.348 e. The number of nitrogens with one attached hydrogen (secondary N) is 1. The van der Waals surface area contributed by atoms with Crippen LogP contribution in [0.15, 0.2) is 46.7 Å². The molecule has 3 aliphatic rings. The standard InChI is InChI=1S/C16H20N2OS/c19-16(8-11-20-14-4-2-1-3-5-14)17-15-12-18-9-6-13(15)7-10-18/h1-5,8,11,13,15H,6-7,9-10,12H2,(H,17,19)/b11-8-. The predicted molar refractivity (Wildman–Crippen MR) is 82.5 cm³/mol. The lowest BCUT2D eigenvalue weighted by molar-refractivity contribution is -0.118. The number of carbonyl (C=O) groups is 1. The van der Waals surface area contributed by atoms with Gasteiger partial charge in [0.15, 0.2) is 0 Å². The van der Waals surface area contributed by atoms with E-state index < -0.39 is 0 Å². The van der Waals surface area contributed by atoms with Crippen LogP contribution in [0, 0.1) is 5.92 Å². The van der Waals surface area contributed by atoms with Gasteiger partial charge < -0.3 is 10.2 Å². The van der Waals surface area contributed by atoms with Gasteiger partial charge in [-0.05, 0) is 49.4 Å². The number of piperidine rings is 3. The Hall–Kier alpha value is -1.26. The van der Waals surface area contributed by atoms with Crippen LogP contribution in [-0.4, -0.2) is 36.5 Å². The summed E-state index contributed by atoms with van der Waals surface area (Å²) in [6, 6.07) is 10.4. The van der Waals surface area contributed by atoms with E-state index in [2.05, 4.69) is 10.2 Å². The Bertz CT molecular complexity index is 481. The molecular weight excluding hydrogens is 268 g/mol. The zero-order valence-corrected chi connectivity index (χ0v) is 12.3. The van der Waals surface area contributed by atoms with Crippen molar-refractivity contribution in [2.24, 2.45) is 5.92 Å². The fourth-order valence-corrected chi connectivity index (χ4v) is 3.70. The lowest BCUT2D eigenvalue weighted by Gasteiger charge is -2.44. The summed E-state index contributed by atoms with van der Waals surface area (Å²) in [5.41, 5.74) is 0. The molecule has 0 saturated carbocycles. The molecule has 20 heavy (non-hydrogen) atoms. The molecule has 0 radical (unpaired) electrons. The molecule has 3 fully saturated rings. The van der Waals surface area contributed by atoms with Crippen LogP contribution in [0.5, 0.6) is 0 Å². The van der Waals surface area contributed by atoms with E-state index in [1.54, 1.807) is 17.8 Å². The molecule has 2 bridgehead atoms. The van der Waals surface area contributed by atoms with Gasteiger partial charge in [0, 0.05) is 23.6 Å². The van der Waals surface area contributed by atoms with E-state index in [0.29, 0.717) is 12.0 Å². The summed E-state index contributed by atoms with van der Waals surface area (Å²) in [5.74, 6) is 0.714. The Labute approximate surface area is 124 Å². The first-order valence-corrected chi connectivity index (χ1v) is 8.10. The molecule has 3 nitrogen and oxygen atoms in total. The fraction of sp³-hybridized carbons (Fsp3) is 0.438. The molecule has 0 spiro atoms. The molecule has 1 aromatic rings. The van der Waals surface area contributed by atoms with Gasteiger partial charge >= 0.3 is 0 Å². The van der Waals surface area contributed by atoms with Crippen LogP contribution >= 0.6 is 11.8 Å². The normalized spacial score (nSPS) is 28.7. The van der Waals surface area contributed by atoms with E-state index in [1.165, 1.54) is 25.9 Å². The number of rotatable bonds is 4. The van der Waals surface area contributed by atoms with Crippen molar-refractivity contribution in [3.63, 3.8) is 0 Å². The van der Waals surface area contributed by atoms with Crippen LogP contribution in [0.1, 0.15) is 12.8 Å². The number of carbonyl (C=O) groups excluding carboxylic acids is 1. The van der Waals surface area contributed by atoms with Gasteiger partial charge in [-0.1, -0.05) is 30.0 Å². The van der Waals surface area contributed by atoms with Crippen LogP contribution in [0.3, 0.4) is 0 Å². The van der Waals surface area contributed by atoms with Crippen LogP contribution in [0.2, 0.25) is 0 Å². The molecular formula is C16H20N2OS. The zero-order chi connectivity index (χ0) is 13.8. The number of nitrogens with zero attached hydrogens (tertiary/aromatic N) is 1. The SMILES string of the molecule is O=C(/C=C\Sc1ccccc1)NC1CN2CCC1CC2. The molecule has 0 aromatic heterocycles. The molecule has 1 amide bonds. The van der Waals surface area contributed by atoms with Gasteiger partial charge in [0.2, 0.25) is 5.91 Å². The number of hydrogen-bond donors (Lipinski definition) is 1. The summed E-state index contributed by atoms with van der Waals surface area (Å²) in [5, 5.41) is 5.02. The Kier molecular flexibility index (Phi) is 4.43. The maximum Gasteiger partial charge on any atom is 0.244 e. The van der Waals surface area contributed by atoms with Crippen molar-refractivity contribution in [3.05, 3.63) is 41.8 Å². The van der Waals surface area contributed by atoms with Crippen LogP contribution in [-0.2, 0) is 4.79 Å². The van der Waals surface area contributed by atoms with E-state index >= 15 is 0 Å². The third kappa shape index (κ3) is 3.44. The lowest BCUT2D eigenvalue weighted by Crippen LogP contribution is -2.57. The van der Waals surface area contributed by atoms with Crippen molar-refractivity contribution in [2.75, 3.05) is 19.6 Å². The van der Waals surface area contributed by atoms with Gasteiger partial charge in [-0.15, -0.1) is 0 Å². The average molecular weight is 288 g/mol. The fourth-order valence-electron chi connectivity index (χ4n) is 3.03. The van der Waals surface area contributed by atoms with E-state index in [4.69, 9.17) is 0 Å². The average Bonchev–Trinajstić information content (AvgIpc) is 2.49. The Morgan fingerprint density at radius 1 is 1.25 bits per heavy atom. The minimum Gasteiger partial charge on any atom is -0.348 e. The molecule has 4 rings (SSSR count). The molecule has 3 saturated heterocycles. The van der Waals surface area contributed by atoms with Crippen LogP contribution in [0.25, 0.3) is 0 Å². The van der Waals surface area contributed by atoms with Crippen molar-refractivity contribution in [2.45, 2.75) is 23.8 Å². The molecule has 1 unspecified atom stereocenters. The van der Waals surface area contributed by atoms with Crippen molar-refractivity contribution >= 4 is 17.7 Å². The summed E-state index contributed by atoms with van der Waals surface area (Å²) < 4.78 is 0. The number of hydrogen-bond acceptors (Lipinski definition) is 3. The minimum atomic E-state index is 0.0344. The van der Waals surface area contributed by atoms with Gasteiger partial charge in [-0.2, -0.15) is 0 Å². The van der Waals surface area contributed by atoms with Crippen molar-refractivity contribution < 1.29 is 4.79 Å². The van der Waals surface area contributed by atoms with Crippen LogP contribution < -0.4 is 5.32 Å². The minimum absolute atomic E-state index is 0.0344. The molecule has 106 valence electrons. The Morgan fingerprint density at radius 3 is 2.65 bits per heavy atom. The first-order valence-electron chi connectivity index (χ1n) is 7.22. The van der Waals surface area contributed by atoms with Gasteiger partial charge in [-0.3, -0.25) is 4.79 Å². The van der Waals surface area contributed by atoms with Crippen LogP contribution in [0.4, 0.5) is 0 Å². The van der Waals surface area contributed by atoms with E-state index in [-0.39, 0.29) is 5.91 Å². The highest BCUT2D eigenvalue weighted by Crippen LogP contribution is 2.27. The molecule has 1 atom stereocenters. The monoisotopic (exact) mass is 288 g/mol. The predicted octanol–water partition coefficient (Wildman–Crippen LogP) is 2.50. The highest BCUT2D eigenvalue weighted by molar-refractivity contribution is 8.02. The number of fused-ring (bicyclic) bond motifs is 3. The molecule has 1 aromatic carbocycles. The number of benzene rings is 1. The molecule has 1 N–H and O–H groups in total. The summed E-state index contributed by atoms with van der Waals surface area (Å²) in [6.45, 7) is 3.43. The second-order valence-corrected chi connectivity index (χ2v) is 6.47. The quantitative estimate of drug-likeness (QED) is 0.682. The molecule has 0 aliphatic carbocycles. The molecule has 3 heterocycles. The first kappa shape index (κ1) is 13.7. The smallest absolute Gasteiger partial charge is 0.244 e. The van der Waals surface area contributed by atoms with Crippen molar-refractivity contribution in [3.8, 4) is 0 Å². The topological polar surface area (TPSA) is 32.3 Å². The highest BCUT2D eigenvalue weighted by Gasteiger charge is 2.34. The van der Waals surface area contributed by atoms with Gasteiger partial charge in [-0.25, -0.2) is 0 Å². The number of thioether (sulfide) groups is 1. The second-order valence-electron chi connectivity index (χ2n) is 5.49. The summed E-state index contributed by atoms with van der Waals surface area (Å²) in [4.78, 5) is 15.6. The lowest BCUT2D eigenvalue weighted by atomic mass is 9.84. The van der Waals surface area contributed by atoms with E-state index in [0.717, 1.165) is 11.4 Å². The van der Waals surface area contributed by atoms with E-state index in [1.807, 2.05) is 35.7 Å². The maximum absolute atomic E-state index is 11.9. The number of amides is 1. The van der Waals surface area contributed by atoms with Gasteiger partial charge in [0.1, 0.15) is 0 Å². The Morgan fingerprint density at radius 2 is 2.00 bits per heavy atom. The third-order valence-corrected chi connectivity index (χ3v) is 4.97. The Balaban J connectivity index is 1.47. The molecule has 3 aliphatic heterocycles. The first-order chi connectivity index (χ1) is 9.81. The molecule has 4 heteroatoms. The third-order valence-electron chi connectivity index (χ3n) is 4.15. The second kappa shape index (κ2) is 6.46. The van der Waals surface area contributed by atoms with E-state index in [9.17, 15) is 4.79 Å². The van der Waals surface area contributed by atoms with Crippen molar-refractivity contribution in [1.29, 1.82) is 0 Å². The summed E-state index contributed by atoms with van der Waals surface area (Å²) in [7, 11) is 0. The summed E-state index contributed by atoms with van der Waals surface area (Å²) >= 11 is 1.57.